The Labute approximate surface area is 161 Å². The van der Waals surface area contributed by atoms with Gasteiger partial charge < -0.3 is 5.32 Å². The van der Waals surface area contributed by atoms with Crippen LogP contribution in [0.2, 0.25) is 0 Å². The van der Waals surface area contributed by atoms with Crippen LogP contribution >= 0.6 is 23.1 Å². The summed E-state index contributed by atoms with van der Waals surface area (Å²) in [6.45, 7) is 1.68. The van der Waals surface area contributed by atoms with Gasteiger partial charge in [0.25, 0.3) is 5.91 Å². The van der Waals surface area contributed by atoms with E-state index < -0.39 is 17.6 Å². The molecular weight excluding hydrogens is 395 g/mol. The SMILES string of the molecule is CSc1nc(-c2cccs2)nc(C)c1C(=O)Nc1cccc(C(F)(F)F)c1. The lowest BCUT2D eigenvalue weighted by atomic mass is 10.1. The molecule has 1 aromatic carbocycles. The second-order valence-corrected chi connectivity index (χ2v) is 7.27. The number of benzene rings is 1. The molecule has 0 atom stereocenters. The zero-order valence-electron chi connectivity index (χ0n) is 14.3. The van der Waals surface area contributed by atoms with Gasteiger partial charge in [-0.25, -0.2) is 9.97 Å². The summed E-state index contributed by atoms with van der Waals surface area (Å²) in [6.07, 6.45) is -2.70. The first kappa shape index (κ1) is 19.4. The number of carbonyl (C=O) groups excluding carboxylic acids is 1. The maximum Gasteiger partial charge on any atom is 0.416 e. The van der Waals surface area contributed by atoms with Crippen LogP contribution in [-0.4, -0.2) is 22.1 Å². The third kappa shape index (κ3) is 4.30. The Morgan fingerprint density at radius 1 is 1.19 bits per heavy atom. The number of carbonyl (C=O) groups is 1. The minimum atomic E-state index is -4.48. The van der Waals surface area contributed by atoms with Crippen molar-refractivity contribution < 1.29 is 18.0 Å². The molecule has 0 saturated carbocycles. The maximum absolute atomic E-state index is 12.9. The lowest BCUT2D eigenvalue weighted by Crippen LogP contribution is -2.17. The zero-order chi connectivity index (χ0) is 19.6. The standard InChI is InChI=1S/C18H14F3N3OS2/c1-10-14(17(26-2)24-15(22-10)13-7-4-8-27-13)16(25)23-12-6-3-5-11(9-12)18(19,20)21/h3-9H,1-2H3,(H,23,25). The molecule has 4 nitrogen and oxygen atoms in total. The average molecular weight is 409 g/mol. The molecule has 2 heterocycles. The normalized spacial score (nSPS) is 11.4. The molecule has 9 heteroatoms. The molecule has 140 valence electrons. The first-order valence-corrected chi connectivity index (χ1v) is 9.85. The highest BCUT2D eigenvalue weighted by Crippen LogP contribution is 2.31. The van der Waals surface area contributed by atoms with E-state index in [2.05, 4.69) is 15.3 Å². The van der Waals surface area contributed by atoms with Gasteiger partial charge >= 0.3 is 6.18 Å². The van der Waals surface area contributed by atoms with Crippen molar-refractivity contribution in [1.29, 1.82) is 0 Å². The van der Waals surface area contributed by atoms with Crippen LogP contribution in [-0.2, 0) is 6.18 Å². The summed E-state index contributed by atoms with van der Waals surface area (Å²) < 4.78 is 38.6. The fourth-order valence-electron chi connectivity index (χ4n) is 2.44. The van der Waals surface area contributed by atoms with E-state index in [1.165, 1.54) is 35.2 Å². The number of thioether (sulfide) groups is 1. The van der Waals surface area contributed by atoms with E-state index in [-0.39, 0.29) is 11.3 Å². The topological polar surface area (TPSA) is 54.9 Å². The van der Waals surface area contributed by atoms with E-state index >= 15 is 0 Å². The zero-order valence-corrected chi connectivity index (χ0v) is 15.9. The first-order chi connectivity index (χ1) is 12.8. The molecule has 1 amide bonds. The van der Waals surface area contributed by atoms with E-state index in [0.29, 0.717) is 16.5 Å². The molecule has 27 heavy (non-hydrogen) atoms. The number of anilines is 1. The summed E-state index contributed by atoms with van der Waals surface area (Å²) in [6, 6.07) is 8.26. The number of nitrogens with one attached hydrogen (secondary N) is 1. The van der Waals surface area contributed by atoms with Crippen molar-refractivity contribution in [3.05, 3.63) is 58.6 Å². The summed E-state index contributed by atoms with van der Waals surface area (Å²) in [5, 5.41) is 4.88. The quantitative estimate of drug-likeness (QED) is 0.456. The van der Waals surface area contributed by atoms with E-state index in [1.54, 1.807) is 13.2 Å². The largest absolute Gasteiger partial charge is 0.416 e. The number of hydrogen-bond acceptors (Lipinski definition) is 5. The molecule has 3 rings (SSSR count). The first-order valence-electron chi connectivity index (χ1n) is 7.74. The van der Waals surface area contributed by atoms with Crippen molar-refractivity contribution in [2.45, 2.75) is 18.1 Å². The molecule has 0 aliphatic heterocycles. The van der Waals surface area contributed by atoms with Gasteiger partial charge in [0.05, 0.1) is 21.7 Å². The fraction of sp³-hybridized carbons (Fsp3) is 0.167. The van der Waals surface area contributed by atoms with E-state index in [1.807, 2.05) is 17.5 Å². The molecule has 0 radical (unpaired) electrons. The van der Waals surface area contributed by atoms with Gasteiger partial charge in [-0.15, -0.1) is 23.1 Å². The highest BCUT2D eigenvalue weighted by atomic mass is 32.2. The monoisotopic (exact) mass is 409 g/mol. The minimum absolute atomic E-state index is 0.0589. The van der Waals surface area contributed by atoms with Gasteiger partial charge in [-0.05, 0) is 42.8 Å². The fourth-order valence-corrected chi connectivity index (χ4v) is 3.72. The van der Waals surface area contributed by atoms with Gasteiger partial charge in [0, 0.05) is 5.69 Å². The van der Waals surface area contributed by atoms with Crippen LogP contribution in [0.15, 0.2) is 46.8 Å². The number of halogens is 3. The van der Waals surface area contributed by atoms with Crippen LogP contribution in [0.1, 0.15) is 21.6 Å². The van der Waals surface area contributed by atoms with Crippen LogP contribution in [0.4, 0.5) is 18.9 Å². The lowest BCUT2D eigenvalue weighted by Gasteiger charge is -2.13. The molecule has 0 fully saturated rings. The average Bonchev–Trinajstić information content (AvgIpc) is 3.15. The molecule has 0 aliphatic carbocycles. The van der Waals surface area contributed by atoms with E-state index in [9.17, 15) is 18.0 Å². The number of aryl methyl sites for hydroxylation is 1. The van der Waals surface area contributed by atoms with Gasteiger partial charge in [-0.1, -0.05) is 12.1 Å². The number of nitrogens with zero attached hydrogens (tertiary/aromatic N) is 2. The summed E-state index contributed by atoms with van der Waals surface area (Å²) >= 11 is 2.76. The van der Waals surface area contributed by atoms with Crippen molar-refractivity contribution in [3.63, 3.8) is 0 Å². The molecule has 3 aromatic rings. The van der Waals surface area contributed by atoms with Crippen molar-refractivity contribution in [2.75, 3.05) is 11.6 Å². The summed E-state index contributed by atoms with van der Waals surface area (Å²) in [5.74, 6) is -0.0311. The third-order valence-corrected chi connectivity index (χ3v) is 5.21. The van der Waals surface area contributed by atoms with Crippen LogP contribution in [0, 0.1) is 6.92 Å². The molecular formula is C18H14F3N3OS2. The van der Waals surface area contributed by atoms with Crippen molar-refractivity contribution in [2.24, 2.45) is 0 Å². The van der Waals surface area contributed by atoms with Gasteiger partial charge in [0.2, 0.25) is 0 Å². The van der Waals surface area contributed by atoms with Gasteiger partial charge in [-0.3, -0.25) is 4.79 Å². The number of thiophene rings is 1. The molecule has 2 aromatic heterocycles. The Morgan fingerprint density at radius 3 is 2.59 bits per heavy atom. The maximum atomic E-state index is 12.9. The van der Waals surface area contributed by atoms with Crippen LogP contribution < -0.4 is 5.32 Å². The van der Waals surface area contributed by atoms with Crippen molar-refractivity contribution >= 4 is 34.7 Å². The predicted octanol–water partition coefficient (Wildman–Crippen LogP) is 5.51. The third-order valence-electron chi connectivity index (χ3n) is 3.67. The minimum Gasteiger partial charge on any atom is -0.322 e. The highest BCUT2D eigenvalue weighted by Gasteiger charge is 2.30. The Morgan fingerprint density at radius 2 is 1.96 bits per heavy atom. The summed E-state index contributed by atoms with van der Waals surface area (Å²) in [5.41, 5.74) is -0.0579. The van der Waals surface area contributed by atoms with Crippen LogP contribution in [0.3, 0.4) is 0 Å². The van der Waals surface area contributed by atoms with Crippen molar-refractivity contribution in [3.8, 4) is 10.7 Å². The molecule has 0 spiro atoms. The molecule has 0 saturated heterocycles. The Balaban J connectivity index is 1.93. The molecule has 0 bridgehead atoms. The smallest absolute Gasteiger partial charge is 0.322 e. The van der Waals surface area contributed by atoms with Crippen LogP contribution in [0.5, 0.6) is 0 Å². The summed E-state index contributed by atoms with van der Waals surface area (Å²) in [7, 11) is 0. The Hall–Kier alpha value is -2.39. The molecule has 0 unspecified atom stereocenters. The van der Waals surface area contributed by atoms with Gasteiger partial charge in [-0.2, -0.15) is 13.2 Å². The van der Waals surface area contributed by atoms with Crippen molar-refractivity contribution in [1.82, 2.24) is 9.97 Å². The predicted molar refractivity (Wildman–Crippen MR) is 101 cm³/mol. The lowest BCUT2D eigenvalue weighted by molar-refractivity contribution is -0.137. The second kappa shape index (κ2) is 7.69. The number of hydrogen-bond donors (Lipinski definition) is 1. The number of rotatable bonds is 4. The Kier molecular flexibility index (Phi) is 5.52. The molecule has 0 aliphatic rings. The van der Waals surface area contributed by atoms with E-state index in [4.69, 9.17) is 0 Å². The number of aromatic nitrogens is 2. The highest BCUT2D eigenvalue weighted by molar-refractivity contribution is 7.98. The number of amides is 1. The van der Waals surface area contributed by atoms with E-state index in [0.717, 1.165) is 17.0 Å². The Bertz CT molecular complexity index is 972. The van der Waals surface area contributed by atoms with Gasteiger partial charge in [0.15, 0.2) is 5.82 Å². The van der Waals surface area contributed by atoms with Gasteiger partial charge in [0.1, 0.15) is 5.03 Å². The molecule has 1 N–H and O–H groups in total. The number of alkyl halides is 3. The van der Waals surface area contributed by atoms with Crippen LogP contribution in [0.25, 0.3) is 10.7 Å². The second-order valence-electron chi connectivity index (χ2n) is 5.53. The summed E-state index contributed by atoms with van der Waals surface area (Å²) in [4.78, 5) is 22.4.